The average Bonchev–Trinajstić information content (AvgIpc) is 2.71. The number of non-ortho nitro benzene ring substituents is 1. The topological polar surface area (TPSA) is 58.9 Å². The van der Waals surface area contributed by atoms with Gasteiger partial charge in [0, 0.05) is 17.6 Å². The summed E-state index contributed by atoms with van der Waals surface area (Å²) in [7, 11) is 0. The van der Waals surface area contributed by atoms with E-state index in [-0.39, 0.29) is 10.6 Å². The maximum atomic E-state index is 10.8. The number of H-pyrrole nitrogens is 1. The molecular formula is C12H14N2O2. The molecule has 0 bridgehead atoms. The van der Waals surface area contributed by atoms with Gasteiger partial charge in [-0.2, -0.15) is 0 Å². The molecule has 0 amide bonds. The quantitative estimate of drug-likeness (QED) is 0.632. The maximum absolute atomic E-state index is 10.8. The second-order valence-electron chi connectivity index (χ2n) is 4.01. The molecule has 2 aromatic rings. The first-order valence-electron chi connectivity index (χ1n) is 5.39. The molecule has 4 nitrogen and oxygen atoms in total. The van der Waals surface area contributed by atoms with E-state index in [1.54, 1.807) is 6.07 Å². The Morgan fingerprint density at radius 2 is 2.25 bits per heavy atom. The lowest BCUT2D eigenvalue weighted by molar-refractivity contribution is -0.383. The number of nitrogens with one attached hydrogen (secondary N) is 1. The van der Waals surface area contributed by atoms with Crippen molar-refractivity contribution in [2.24, 2.45) is 0 Å². The molecular weight excluding hydrogens is 204 g/mol. The number of nitrogens with zero attached hydrogens (tertiary/aromatic N) is 1. The molecule has 0 spiro atoms. The number of benzene rings is 1. The highest BCUT2D eigenvalue weighted by atomic mass is 16.6. The van der Waals surface area contributed by atoms with Crippen LogP contribution >= 0.6 is 0 Å². The Hall–Kier alpha value is -1.84. The van der Waals surface area contributed by atoms with Crippen LogP contribution in [0.15, 0.2) is 24.4 Å². The number of nitro groups is 1. The van der Waals surface area contributed by atoms with Crippen molar-refractivity contribution in [2.45, 2.75) is 26.2 Å². The van der Waals surface area contributed by atoms with Crippen molar-refractivity contribution in [2.75, 3.05) is 0 Å². The first kappa shape index (κ1) is 10.7. The molecule has 1 unspecified atom stereocenters. The SMILES string of the molecule is CCC(C)c1c[nH]c2c([N+](=O)[O-])cccc12. The summed E-state index contributed by atoms with van der Waals surface area (Å²) in [6.07, 6.45) is 2.90. The molecule has 4 heteroatoms. The van der Waals surface area contributed by atoms with Gasteiger partial charge >= 0.3 is 0 Å². The predicted octanol–water partition coefficient (Wildman–Crippen LogP) is 3.59. The van der Waals surface area contributed by atoms with E-state index in [2.05, 4.69) is 18.8 Å². The highest BCUT2D eigenvalue weighted by molar-refractivity contribution is 5.90. The number of nitro benzene ring substituents is 1. The maximum Gasteiger partial charge on any atom is 0.293 e. The van der Waals surface area contributed by atoms with E-state index >= 15 is 0 Å². The van der Waals surface area contributed by atoms with Crippen LogP contribution in [-0.2, 0) is 0 Å². The largest absolute Gasteiger partial charge is 0.355 e. The average molecular weight is 218 g/mol. The zero-order chi connectivity index (χ0) is 11.7. The molecule has 1 aromatic carbocycles. The van der Waals surface area contributed by atoms with Gasteiger partial charge in [-0.25, -0.2) is 0 Å². The summed E-state index contributed by atoms with van der Waals surface area (Å²) in [5, 5.41) is 11.8. The minimum Gasteiger partial charge on any atom is -0.355 e. The van der Waals surface area contributed by atoms with E-state index in [0.29, 0.717) is 11.4 Å². The highest BCUT2D eigenvalue weighted by Gasteiger charge is 2.16. The second kappa shape index (κ2) is 3.96. The van der Waals surface area contributed by atoms with Crippen LogP contribution in [0.4, 0.5) is 5.69 Å². The van der Waals surface area contributed by atoms with Crippen LogP contribution in [0.25, 0.3) is 10.9 Å². The van der Waals surface area contributed by atoms with E-state index in [9.17, 15) is 10.1 Å². The van der Waals surface area contributed by atoms with E-state index in [1.807, 2.05) is 12.3 Å². The van der Waals surface area contributed by atoms with Crippen molar-refractivity contribution in [1.29, 1.82) is 0 Å². The summed E-state index contributed by atoms with van der Waals surface area (Å²) in [6, 6.07) is 5.19. The second-order valence-corrected chi connectivity index (χ2v) is 4.01. The van der Waals surface area contributed by atoms with Crippen LogP contribution in [0, 0.1) is 10.1 Å². The molecule has 0 aliphatic carbocycles. The Kier molecular flexibility index (Phi) is 2.64. The Morgan fingerprint density at radius 1 is 1.50 bits per heavy atom. The molecule has 1 N–H and O–H groups in total. The molecule has 1 aromatic heterocycles. The van der Waals surface area contributed by atoms with Crippen molar-refractivity contribution in [3.63, 3.8) is 0 Å². The zero-order valence-electron chi connectivity index (χ0n) is 9.36. The molecule has 0 aliphatic heterocycles. The number of para-hydroxylation sites is 1. The van der Waals surface area contributed by atoms with Crippen LogP contribution in [0.3, 0.4) is 0 Å². The Bertz CT molecular complexity index is 531. The molecule has 16 heavy (non-hydrogen) atoms. The fraction of sp³-hybridized carbons (Fsp3) is 0.333. The lowest BCUT2D eigenvalue weighted by Crippen LogP contribution is -1.90. The van der Waals surface area contributed by atoms with E-state index in [4.69, 9.17) is 0 Å². The molecule has 0 aliphatic rings. The summed E-state index contributed by atoms with van der Waals surface area (Å²) in [6.45, 7) is 4.24. The van der Waals surface area contributed by atoms with Gasteiger partial charge in [0.2, 0.25) is 0 Å². The van der Waals surface area contributed by atoms with Crippen LogP contribution < -0.4 is 0 Å². The number of fused-ring (bicyclic) bond motifs is 1. The molecule has 0 radical (unpaired) electrons. The first-order valence-corrected chi connectivity index (χ1v) is 5.39. The number of aromatic amines is 1. The smallest absolute Gasteiger partial charge is 0.293 e. The van der Waals surface area contributed by atoms with Gasteiger partial charge in [-0.3, -0.25) is 10.1 Å². The van der Waals surface area contributed by atoms with Gasteiger partial charge in [0.15, 0.2) is 0 Å². The van der Waals surface area contributed by atoms with Crippen molar-refractivity contribution < 1.29 is 4.92 Å². The third-order valence-corrected chi connectivity index (χ3v) is 3.07. The van der Waals surface area contributed by atoms with Gasteiger partial charge in [-0.1, -0.05) is 26.0 Å². The lowest BCUT2D eigenvalue weighted by atomic mass is 9.98. The number of hydrogen-bond acceptors (Lipinski definition) is 2. The minimum atomic E-state index is -0.348. The molecule has 0 saturated carbocycles. The summed E-state index contributed by atoms with van der Waals surface area (Å²) in [4.78, 5) is 13.5. The standard InChI is InChI=1S/C12H14N2O2/c1-3-8(2)10-7-13-12-9(10)5-4-6-11(12)14(15)16/h4-8,13H,3H2,1-2H3. The van der Waals surface area contributed by atoms with Crippen LogP contribution in [-0.4, -0.2) is 9.91 Å². The number of hydrogen-bond donors (Lipinski definition) is 1. The van der Waals surface area contributed by atoms with E-state index in [1.165, 1.54) is 6.07 Å². The minimum absolute atomic E-state index is 0.145. The molecule has 1 heterocycles. The fourth-order valence-corrected chi connectivity index (χ4v) is 1.94. The summed E-state index contributed by atoms with van der Waals surface area (Å²) < 4.78 is 0. The normalized spacial score (nSPS) is 12.9. The molecule has 0 saturated heterocycles. The predicted molar refractivity (Wildman–Crippen MR) is 63.7 cm³/mol. The van der Waals surface area contributed by atoms with Gasteiger partial charge in [0.25, 0.3) is 5.69 Å². The molecule has 1 atom stereocenters. The van der Waals surface area contributed by atoms with Crippen LogP contribution in [0.5, 0.6) is 0 Å². The summed E-state index contributed by atoms with van der Waals surface area (Å²) >= 11 is 0. The number of rotatable bonds is 3. The van der Waals surface area contributed by atoms with Gasteiger partial charge in [0.1, 0.15) is 5.52 Å². The summed E-state index contributed by atoms with van der Waals surface area (Å²) in [5.74, 6) is 0.413. The van der Waals surface area contributed by atoms with Gasteiger partial charge < -0.3 is 4.98 Å². The third kappa shape index (κ3) is 1.56. The van der Waals surface area contributed by atoms with Crippen LogP contribution in [0.1, 0.15) is 31.7 Å². The van der Waals surface area contributed by atoms with Gasteiger partial charge in [-0.15, -0.1) is 0 Å². The zero-order valence-corrected chi connectivity index (χ0v) is 9.36. The monoisotopic (exact) mass is 218 g/mol. The number of aromatic nitrogens is 1. The first-order chi connectivity index (χ1) is 7.65. The highest BCUT2D eigenvalue weighted by Crippen LogP contribution is 2.31. The molecule has 2 rings (SSSR count). The van der Waals surface area contributed by atoms with E-state index < -0.39 is 0 Å². The molecule has 84 valence electrons. The van der Waals surface area contributed by atoms with Crippen LogP contribution in [0.2, 0.25) is 0 Å². The third-order valence-electron chi connectivity index (χ3n) is 3.07. The fourth-order valence-electron chi connectivity index (χ4n) is 1.94. The van der Waals surface area contributed by atoms with Crippen molar-refractivity contribution in [1.82, 2.24) is 4.98 Å². The summed E-state index contributed by atoms with van der Waals surface area (Å²) in [5.41, 5.74) is 1.93. The Balaban J connectivity index is 2.66. The lowest BCUT2D eigenvalue weighted by Gasteiger charge is -2.05. The van der Waals surface area contributed by atoms with Crippen molar-refractivity contribution in [3.8, 4) is 0 Å². The van der Waals surface area contributed by atoms with Crippen molar-refractivity contribution >= 4 is 16.6 Å². The van der Waals surface area contributed by atoms with Gasteiger partial charge in [0.05, 0.1) is 4.92 Å². The Morgan fingerprint density at radius 3 is 2.88 bits per heavy atom. The van der Waals surface area contributed by atoms with Gasteiger partial charge in [-0.05, 0) is 17.9 Å². The van der Waals surface area contributed by atoms with Crippen molar-refractivity contribution in [3.05, 3.63) is 40.1 Å². The Labute approximate surface area is 93.4 Å². The molecule has 0 fully saturated rings. The van der Waals surface area contributed by atoms with E-state index in [0.717, 1.165) is 17.4 Å².